The summed E-state index contributed by atoms with van der Waals surface area (Å²) >= 11 is 1.80. The molecule has 0 radical (unpaired) electrons. The van der Waals surface area contributed by atoms with E-state index >= 15 is 0 Å². The molecule has 4 heterocycles. The van der Waals surface area contributed by atoms with Gasteiger partial charge >= 0.3 is 0 Å². The zero-order valence-corrected chi connectivity index (χ0v) is 28.9. The van der Waals surface area contributed by atoms with Gasteiger partial charge in [-0.1, -0.05) is 103 Å². The van der Waals surface area contributed by atoms with Crippen molar-refractivity contribution in [2.75, 3.05) is 4.90 Å². The van der Waals surface area contributed by atoms with E-state index in [1.54, 1.807) is 11.3 Å². The Hall–Kier alpha value is -6.89. The number of rotatable bonds is 3. The Morgan fingerprint density at radius 1 is 0.434 bits per heavy atom. The van der Waals surface area contributed by atoms with Crippen LogP contribution in [0, 0.1) is 0 Å². The molecule has 0 atom stereocenters. The van der Waals surface area contributed by atoms with Gasteiger partial charge in [0.2, 0.25) is 5.95 Å². The first-order chi connectivity index (χ1) is 26.2. The highest BCUT2D eigenvalue weighted by Crippen LogP contribution is 2.51. The molecule has 246 valence electrons. The van der Waals surface area contributed by atoms with Crippen LogP contribution in [0.5, 0.6) is 0 Å². The van der Waals surface area contributed by atoms with Crippen LogP contribution < -0.4 is 4.90 Å². The number of thiophene rings is 1. The van der Waals surface area contributed by atoms with Crippen molar-refractivity contribution in [2.24, 2.45) is 0 Å². The van der Waals surface area contributed by atoms with Crippen LogP contribution in [0.3, 0.4) is 0 Å². The topological polar surface area (TPSA) is 55.1 Å². The van der Waals surface area contributed by atoms with Gasteiger partial charge in [0.15, 0.2) is 11.6 Å². The van der Waals surface area contributed by atoms with Crippen LogP contribution in [-0.2, 0) is 0 Å². The molecular weight excluding hydrogens is 669 g/mol. The predicted molar refractivity (Wildman–Crippen MR) is 220 cm³/mol. The Kier molecular flexibility index (Phi) is 5.87. The Labute approximate surface area is 307 Å². The lowest BCUT2D eigenvalue weighted by molar-refractivity contribution is 0.669. The van der Waals surface area contributed by atoms with Crippen molar-refractivity contribution in [1.29, 1.82) is 0 Å². The highest BCUT2D eigenvalue weighted by molar-refractivity contribution is 7.25. The second kappa shape index (κ2) is 10.8. The fourth-order valence-electron chi connectivity index (χ4n) is 8.16. The van der Waals surface area contributed by atoms with Gasteiger partial charge in [-0.05, 0) is 76.3 Å². The van der Waals surface area contributed by atoms with Crippen molar-refractivity contribution in [3.8, 4) is 33.9 Å². The number of anilines is 3. The van der Waals surface area contributed by atoms with Gasteiger partial charge < -0.3 is 4.42 Å². The number of para-hydroxylation sites is 1. The number of aromatic nitrogens is 3. The minimum atomic E-state index is 0.567. The normalized spacial score (nSPS) is 12.5. The molecule has 0 saturated carbocycles. The Morgan fingerprint density at radius 3 is 2.00 bits per heavy atom. The Morgan fingerprint density at radius 2 is 1.11 bits per heavy atom. The summed E-state index contributed by atoms with van der Waals surface area (Å²) in [6, 6.07) is 55.7. The van der Waals surface area contributed by atoms with E-state index in [-0.39, 0.29) is 0 Å². The molecule has 0 fully saturated rings. The van der Waals surface area contributed by atoms with Crippen molar-refractivity contribution in [3.05, 3.63) is 158 Å². The van der Waals surface area contributed by atoms with E-state index in [0.717, 1.165) is 55.4 Å². The maximum absolute atomic E-state index is 6.20. The molecule has 3 aromatic heterocycles. The van der Waals surface area contributed by atoms with Crippen molar-refractivity contribution >= 4 is 92.3 Å². The molecule has 1 aliphatic rings. The van der Waals surface area contributed by atoms with E-state index in [4.69, 9.17) is 19.4 Å². The van der Waals surface area contributed by atoms with Gasteiger partial charge in [0.05, 0.1) is 11.4 Å². The Bertz CT molecular complexity index is 3320. The molecule has 0 bridgehead atoms. The van der Waals surface area contributed by atoms with Crippen molar-refractivity contribution < 1.29 is 4.42 Å². The van der Waals surface area contributed by atoms with Gasteiger partial charge in [-0.2, -0.15) is 9.97 Å². The zero-order chi connectivity index (χ0) is 34.6. The second-order valence-electron chi connectivity index (χ2n) is 13.6. The third-order valence-electron chi connectivity index (χ3n) is 10.6. The van der Waals surface area contributed by atoms with Crippen molar-refractivity contribution in [1.82, 2.24) is 15.0 Å². The number of fused-ring (bicyclic) bond motifs is 9. The fraction of sp³-hybridized carbons (Fsp3) is 0. The monoisotopic (exact) mass is 694 g/mol. The molecule has 0 saturated heterocycles. The molecule has 0 N–H and O–H groups in total. The molecule has 6 heteroatoms. The van der Waals surface area contributed by atoms with Gasteiger partial charge in [0.25, 0.3) is 0 Å². The molecule has 0 unspecified atom stereocenters. The quantitative estimate of drug-likeness (QED) is 0.184. The second-order valence-corrected chi connectivity index (χ2v) is 14.7. The summed E-state index contributed by atoms with van der Waals surface area (Å²) in [5.41, 5.74) is 7.96. The standard InChI is InChI=1S/C47H26N4OS/c1-2-10-29-25-39-36(23-28(29)9-1)35-15-7-11-27-12-8-16-38(44(27)35)51(39)47-49-45(30-20-22-41-37(24-30)32-13-3-5-17-40(32)52-41)48-46(50-47)31-19-21-34-33-14-4-6-18-42(33)53-43(34)26-31/h1-26H. The first-order valence-electron chi connectivity index (χ1n) is 17.7. The molecule has 0 spiro atoms. The fourth-order valence-corrected chi connectivity index (χ4v) is 9.30. The number of furan rings is 1. The molecule has 0 aliphatic carbocycles. The first-order valence-corrected chi connectivity index (χ1v) is 18.5. The highest BCUT2D eigenvalue weighted by atomic mass is 32.1. The number of hydrogen-bond donors (Lipinski definition) is 0. The number of hydrogen-bond acceptors (Lipinski definition) is 6. The lowest BCUT2D eigenvalue weighted by Crippen LogP contribution is -2.18. The summed E-state index contributed by atoms with van der Waals surface area (Å²) in [4.78, 5) is 18.1. The largest absolute Gasteiger partial charge is 0.456 e. The predicted octanol–water partition coefficient (Wildman–Crippen LogP) is 13.2. The van der Waals surface area contributed by atoms with E-state index in [1.807, 2.05) is 24.3 Å². The lowest BCUT2D eigenvalue weighted by Gasteiger charge is -2.32. The van der Waals surface area contributed by atoms with Gasteiger partial charge in [-0.15, -0.1) is 11.3 Å². The molecular formula is C47H26N4OS. The molecule has 12 rings (SSSR count). The number of nitrogens with zero attached hydrogens (tertiary/aromatic N) is 4. The molecule has 0 amide bonds. The van der Waals surface area contributed by atoms with Gasteiger partial charge in [-0.3, -0.25) is 4.90 Å². The van der Waals surface area contributed by atoms with Crippen molar-refractivity contribution in [2.45, 2.75) is 0 Å². The number of benzene rings is 8. The molecule has 5 nitrogen and oxygen atoms in total. The van der Waals surface area contributed by atoms with E-state index in [2.05, 4.69) is 138 Å². The van der Waals surface area contributed by atoms with Crippen LogP contribution >= 0.6 is 11.3 Å². The summed E-state index contributed by atoms with van der Waals surface area (Å²) in [6.07, 6.45) is 0. The zero-order valence-electron chi connectivity index (χ0n) is 28.1. The van der Waals surface area contributed by atoms with Gasteiger partial charge in [0.1, 0.15) is 11.2 Å². The summed E-state index contributed by atoms with van der Waals surface area (Å²) in [5.74, 6) is 1.79. The summed E-state index contributed by atoms with van der Waals surface area (Å²) in [5, 5.41) is 9.30. The lowest BCUT2D eigenvalue weighted by atomic mass is 9.90. The first kappa shape index (κ1) is 28.8. The molecule has 11 aromatic rings. The van der Waals surface area contributed by atoms with Crippen LogP contribution in [0.2, 0.25) is 0 Å². The van der Waals surface area contributed by atoms with Gasteiger partial charge in [-0.25, -0.2) is 4.98 Å². The van der Waals surface area contributed by atoms with E-state index < -0.39 is 0 Å². The third-order valence-corrected chi connectivity index (χ3v) is 11.7. The van der Waals surface area contributed by atoms with Crippen LogP contribution in [-0.4, -0.2) is 15.0 Å². The molecule has 53 heavy (non-hydrogen) atoms. The Balaban J connectivity index is 1.15. The van der Waals surface area contributed by atoms with Crippen LogP contribution in [0.15, 0.2) is 162 Å². The van der Waals surface area contributed by atoms with E-state index in [0.29, 0.717) is 17.6 Å². The third kappa shape index (κ3) is 4.27. The van der Waals surface area contributed by atoms with E-state index in [9.17, 15) is 0 Å². The smallest absolute Gasteiger partial charge is 0.238 e. The van der Waals surface area contributed by atoms with Crippen LogP contribution in [0.25, 0.3) is 97.6 Å². The van der Waals surface area contributed by atoms with E-state index in [1.165, 1.54) is 41.9 Å². The van der Waals surface area contributed by atoms with Crippen molar-refractivity contribution in [3.63, 3.8) is 0 Å². The molecule has 1 aliphatic heterocycles. The summed E-state index contributed by atoms with van der Waals surface area (Å²) < 4.78 is 8.67. The summed E-state index contributed by atoms with van der Waals surface area (Å²) in [6.45, 7) is 0. The van der Waals surface area contributed by atoms with Gasteiger partial charge in [0, 0.05) is 53.0 Å². The summed E-state index contributed by atoms with van der Waals surface area (Å²) in [7, 11) is 0. The van der Waals surface area contributed by atoms with Crippen LogP contribution in [0.4, 0.5) is 17.3 Å². The maximum Gasteiger partial charge on any atom is 0.238 e. The average Bonchev–Trinajstić information content (AvgIpc) is 3.78. The molecule has 8 aromatic carbocycles. The minimum absolute atomic E-state index is 0.567. The highest BCUT2D eigenvalue weighted by Gasteiger charge is 2.29. The van der Waals surface area contributed by atoms with Crippen LogP contribution in [0.1, 0.15) is 0 Å². The average molecular weight is 695 g/mol. The maximum atomic E-state index is 6.20. The minimum Gasteiger partial charge on any atom is -0.456 e. The SMILES string of the molecule is c1ccc2cc3c(cc2c1)-c1cccc2cccc(c12)N3c1nc(-c2ccc3c(c2)sc2ccccc23)nc(-c2ccc3oc4ccccc4c3c2)n1.